The van der Waals surface area contributed by atoms with Crippen molar-refractivity contribution in [2.24, 2.45) is 10.9 Å². The summed E-state index contributed by atoms with van der Waals surface area (Å²) in [5.41, 5.74) is 6.32. The molecule has 7 nitrogen and oxygen atoms in total. The van der Waals surface area contributed by atoms with Crippen LogP contribution < -0.4 is 14.8 Å². The summed E-state index contributed by atoms with van der Waals surface area (Å²) in [4.78, 5) is 0. The van der Waals surface area contributed by atoms with Gasteiger partial charge in [-0.25, -0.2) is 0 Å². The molecule has 0 unspecified atom stereocenters. The molecule has 0 spiro atoms. The van der Waals surface area contributed by atoms with Crippen LogP contribution in [0.25, 0.3) is 0 Å². The Balaban J connectivity index is 3.10. The van der Waals surface area contributed by atoms with Gasteiger partial charge in [-0.3, -0.25) is 4.31 Å². The van der Waals surface area contributed by atoms with Gasteiger partial charge < -0.3 is 10.9 Å². The molecule has 0 heterocycles. The minimum atomic E-state index is -3.62. The van der Waals surface area contributed by atoms with Crippen LogP contribution in [0.4, 0.5) is 5.69 Å². The van der Waals surface area contributed by atoms with Crippen LogP contribution in [-0.4, -0.2) is 32.6 Å². The molecule has 4 N–H and O–H groups in total. The van der Waals surface area contributed by atoms with Crippen LogP contribution >= 0.6 is 0 Å². The van der Waals surface area contributed by atoms with Gasteiger partial charge in [0, 0.05) is 18.7 Å². The second-order valence-corrected chi connectivity index (χ2v) is 6.01. The predicted molar refractivity (Wildman–Crippen MR) is 74.5 cm³/mol. The molecule has 0 radical (unpaired) electrons. The smallest absolute Gasteiger partial charge is 0.301 e. The summed E-state index contributed by atoms with van der Waals surface area (Å²) in [5, 5.41) is 11.5. The Labute approximate surface area is 112 Å². The van der Waals surface area contributed by atoms with E-state index in [1.54, 1.807) is 32.0 Å². The summed E-state index contributed by atoms with van der Waals surface area (Å²) in [5.74, 6) is -0.0792. The van der Waals surface area contributed by atoms with Crippen molar-refractivity contribution in [3.8, 4) is 0 Å². The van der Waals surface area contributed by atoms with Gasteiger partial charge in [0.1, 0.15) is 0 Å². The van der Waals surface area contributed by atoms with Crippen LogP contribution in [0.15, 0.2) is 29.4 Å². The monoisotopic (exact) mass is 286 g/mol. The summed E-state index contributed by atoms with van der Waals surface area (Å²) in [6.07, 6.45) is 0. The van der Waals surface area contributed by atoms with Crippen molar-refractivity contribution >= 4 is 21.7 Å². The fraction of sp³-hybridized carbons (Fsp3) is 0.364. The fourth-order valence-electron chi connectivity index (χ4n) is 1.43. The average Bonchev–Trinajstić information content (AvgIpc) is 2.35. The minimum Gasteiger partial charge on any atom is -0.409 e. The van der Waals surface area contributed by atoms with Crippen LogP contribution in [0.5, 0.6) is 0 Å². The third kappa shape index (κ3) is 3.83. The second-order valence-electron chi connectivity index (χ2n) is 4.28. The van der Waals surface area contributed by atoms with Gasteiger partial charge in [0.15, 0.2) is 5.84 Å². The molecule has 0 saturated heterocycles. The summed E-state index contributed by atoms with van der Waals surface area (Å²) in [7, 11) is -2.19. The van der Waals surface area contributed by atoms with E-state index in [2.05, 4.69) is 9.88 Å². The number of nitrogens with zero attached hydrogens (tertiary/aromatic N) is 2. The highest BCUT2D eigenvalue weighted by Crippen LogP contribution is 2.17. The Morgan fingerprint density at radius 3 is 2.63 bits per heavy atom. The normalized spacial score (nSPS) is 12.7. The summed E-state index contributed by atoms with van der Waals surface area (Å²) < 4.78 is 27.6. The van der Waals surface area contributed by atoms with E-state index >= 15 is 0 Å². The van der Waals surface area contributed by atoms with Crippen molar-refractivity contribution in [3.05, 3.63) is 29.8 Å². The maximum Gasteiger partial charge on any atom is 0.301 e. The molecular weight excluding hydrogens is 268 g/mol. The van der Waals surface area contributed by atoms with Gasteiger partial charge in [-0.15, -0.1) is 0 Å². The Kier molecular flexibility index (Phi) is 4.73. The van der Waals surface area contributed by atoms with Crippen molar-refractivity contribution in [1.29, 1.82) is 0 Å². The van der Waals surface area contributed by atoms with Crippen LogP contribution in [-0.2, 0) is 10.2 Å². The van der Waals surface area contributed by atoms with E-state index in [1.807, 2.05) is 0 Å². The van der Waals surface area contributed by atoms with Crippen LogP contribution in [0.3, 0.4) is 0 Å². The molecule has 0 bridgehead atoms. The standard InChI is InChI=1S/C11H18N4O3S/c1-8(2)14-19(17,18)15(3)10-6-4-5-9(7-10)11(12)13-16/h4-8,14,16H,1-3H3,(H2,12,13). The van der Waals surface area contributed by atoms with Gasteiger partial charge >= 0.3 is 10.2 Å². The molecule has 106 valence electrons. The number of benzene rings is 1. The quantitative estimate of drug-likeness (QED) is 0.316. The Hall–Kier alpha value is -1.80. The summed E-state index contributed by atoms with van der Waals surface area (Å²) in [6.45, 7) is 3.47. The first kappa shape index (κ1) is 15.3. The number of nitrogens with one attached hydrogen (secondary N) is 1. The molecule has 8 heteroatoms. The minimum absolute atomic E-state index is 0.0792. The number of anilines is 1. The highest BCUT2D eigenvalue weighted by Gasteiger charge is 2.19. The predicted octanol–water partition coefficient (Wildman–Crippen LogP) is 0.460. The third-order valence-corrected chi connectivity index (χ3v) is 4.06. The van der Waals surface area contributed by atoms with E-state index in [4.69, 9.17) is 10.9 Å². The molecule has 0 aliphatic heterocycles. The maximum atomic E-state index is 12.0. The molecule has 19 heavy (non-hydrogen) atoms. The zero-order valence-corrected chi connectivity index (χ0v) is 11.8. The van der Waals surface area contributed by atoms with Gasteiger partial charge in [0.2, 0.25) is 0 Å². The first-order valence-corrected chi connectivity index (χ1v) is 7.06. The molecule has 0 atom stereocenters. The summed E-state index contributed by atoms with van der Waals surface area (Å²) >= 11 is 0. The lowest BCUT2D eigenvalue weighted by molar-refractivity contribution is 0.318. The van der Waals surface area contributed by atoms with E-state index in [9.17, 15) is 8.42 Å². The highest BCUT2D eigenvalue weighted by molar-refractivity contribution is 7.90. The number of rotatable bonds is 5. The van der Waals surface area contributed by atoms with E-state index in [0.29, 0.717) is 11.3 Å². The largest absolute Gasteiger partial charge is 0.409 e. The van der Waals surface area contributed by atoms with Crippen LogP contribution in [0.1, 0.15) is 19.4 Å². The van der Waals surface area contributed by atoms with E-state index in [1.165, 1.54) is 13.1 Å². The van der Waals surface area contributed by atoms with E-state index in [0.717, 1.165) is 4.31 Å². The molecule has 0 aliphatic carbocycles. The molecule has 0 aliphatic rings. The number of hydrogen-bond donors (Lipinski definition) is 3. The lowest BCUT2D eigenvalue weighted by Crippen LogP contribution is -2.41. The third-order valence-electron chi connectivity index (χ3n) is 2.36. The second kappa shape index (κ2) is 5.89. The fourth-order valence-corrected chi connectivity index (χ4v) is 2.58. The molecule has 0 saturated carbocycles. The first-order chi connectivity index (χ1) is 8.77. The molecular formula is C11H18N4O3S. The molecule has 0 fully saturated rings. The lowest BCUT2D eigenvalue weighted by atomic mass is 10.2. The van der Waals surface area contributed by atoms with Gasteiger partial charge in [-0.2, -0.15) is 13.1 Å². The van der Waals surface area contributed by atoms with Gasteiger partial charge in [0.25, 0.3) is 0 Å². The number of hydrogen-bond acceptors (Lipinski definition) is 4. The Morgan fingerprint density at radius 2 is 2.11 bits per heavy atom. The zero-order valence-electron chi connectivity index (χ0n) is 11.0. The van der Waals surface area contributed by atoms with Crippen molar-refractivity contribution in [1.82, 2.24) is 4.72 Å². The SMILES string of the molecule is CC(C)NS(=O)(=O)N(C)c1cccc(/C(N)=N/O)c1. The van der Waals surface area contributed by atoms with Crippen molar-refractivity contribution in [3.63, 3.8) is 0 Å². The van der Waals surface area contributed by atoms with E-state index < -0.39 is 10.2 Å². The molecule has 1 rings (SSSR count). The van der Waals surface area contributed by atoms with Crippen LogP contribution in [0.2, 0.25) is 0 Å². The number of nitrogens with two attached hydrogens (primary N) is 1. The molecule has 0 aromatic heterocycles. The first-order valence-electron chi connectivity index (χ1n) is 5.62. The zero-order chi connectivity index (χ0) is 14.6. The van der Waals surface area contributed by atoms with E-state index in [-0.39, 0.29) is 11.9 Å². The molecule has 1 aromatic rings. The van der Waals surface area contributed by atoms with Crippen molar-refractivity contribution in [2.45, 2.75) is 19.9 Å². The van der Waals surface area contributed by atoms with Crippen LogP contribution in [0, 0.1) is 0 Å². The number of amidine groups is 1. The highest BCUT2D eigenvalue weighted by atomic mass is 32.2. The molecule has 0 amide bonds. The van der Waals surface area contributed by atoms with Gasteiger partial charge in [-0.05, 0) is 26.0 Å². The lowest BCUT2D eigenvalue weighted by Gasteiger charge is -2.21. The number of oxime groups is 1. The summed E-state index contributed by atoms with van der Waals surface area (Å²) in [6, 6.07) is 6.18. The average molecular weight is 286 g/mol. The van der Waals surface area contributed by atoms with Crippen molar-refractivity contribution in [2.75, 3.05) is 11.4 Å². The van der Waals surface area contributed by atoms with Gasteiger partial charge in [-0.1, -0.05) is 17.3 Å². The Morgan fingerprint density at radius 1 is 1.47 bits per heavy atom. The maximum absolute atomic E-state index is 12.0. The van der Waals surface area contributed by atoms with Crippen molar-refractivity contribution < 1.29 is 13.6 Å². The topological polar surface area (TPSA) is 108 Å². The molecule has 1 aromatic carbocycles. The Bertz CT molecular complexity index is 569. The van der Waals surface area contributed by atoms with Gasteiger partial charge in [0.05, 0.1) is 5.69 Å².